The average molecular weight is 442 g/mol. The van der Waals surface area contributed by atoms with E-state index in [1.54, 1.807) is 0 Å². The van der Waals surface area contributed by atoms with E-state index in [0.29, 0.717) is 24.0 Å². The molecule has 0 N–H and O–H groups in total. The second kappa shape index (κ2) is 10.5. The van der Waals surface area contributed by atoms with Gasteiger partial charge in [0.1, 0.15) is 12.1 Å². The number of carbonyl (C=O) groups is 1. The van der Waals surface area contributed by atoms with E-state index in [4.69, 9.17) is 4.74 Å². The first-order chi connectivity index (χ1) is 14.7. The molecule has 0 bridgehead atoms. The third-order valence-electron chi connectivity index (χ3n) is 5.10. The SMILES string of the molecule is CCCCC(=O)OC(c1ccc(OC(F)(F)C(F)F)cc1)(c1cncnc1)C(C)CC. The number of unbranched alkanes of at least 4 members (excludes halogenated alkanes) is 1. The van der Waals surface area contributed by atoms with Gasteiger partial charge in [-0.3, -0.25) is 4.79 Å². The van der Waals surface area contributed by atoms with Gasteiger partial charge in [-0.1, -0.05) is 39.3 Å². The minimum Gasteiger partial charge on any atom is -0.449 e. The molecule has 0 spiro atoms. The van der Waals surface area contributed by atoms with Crippen LogP contribution in [0.25, 0.3) is 0 Å². The van der Waals surface area contributed by atoms with Crippen LogP contribution in [0.15, 0.2) is 43.0 Å². The van der Waals surface area contributed by atoms with Crippen LogP contribution in [-0.4, -0.2) is 28.5 Å². The van der Waals surface area contributed by atoms with Crippen molar-refractivity contribution >= 4 is 5.97 Å². The number of rotatable bonds is 11. The van der Waals surface area contributed by atoms with Gasteiger partial charge in [-0.05, 0) is 25.0 Å². The average Bonchev–Trinajstić information content (AvgIpc) is 2.76. The fraction of sp³-hybridized carbons (Fsp3) is 0.500. The summed E-state index contributed by atoms with van der Waals surface area (Å²) in [4.78, 5) is 20.7. The van der Waals surface area contributed by atoms with Crippen molar-refractivity contribution in [3.05, 3.63) is 54.1 Å². The number of esters is 1. The first-order valence-corrected chi connectivity index (χ1v) is 10.1. The van der Waals surface area contributed by atoms with Crippen LogP contribution < -0.4 is 4.74 Å². The van der Waals surface area contributed by atoms with E-state index in [-0.39, 0.29) is 12.3 Å². The molecule has 170 valence electrons. The Hall–Kier alpha value is -2.71. The minimum atomic E-state index is -4.62. The van der Waals surface area contributed by atoms with Crippen LogP contribution >= 0.6 is 0 Å². The van der Waals surface area contributed by atoms with E-state index < -0.39 is 29.9 Å². The highest BCUT2D eigenvalue weighted by molar-refractivity contribution is 5.70. The molecule has 31 heavy (non-hydrogen) atoms. The number of ether oxygens (including phenoxy) is 2. The molecular formula is C22H26F4N2O3. The van der Waals surface area contributed by atoms with Crippen molar-refractivity contribution in [1.29, 1.82) is 0 Å². The second-order valence-electron chi connectivity index (χ2n) is 7.24. The third-order valence-corrected chi connectivity index (χ3v) is 5.10. The van der Waals surface area contributed by atoms with E-state index in [1.165, 1.54) is 30.9 Å². The summed E-state index contributed by atoms with van der Waals surface area (Å²) in [7, 11) is 0. The molecule has 2 atom stereocenters. The zero-order chi connectivity index (χ0) is 23.1. The number of nitrogens with zero attached hydrogens (tertiary/aromatic N) is 2. The highest BCUT2D eigenvalue weighted by atomic mass is 19.3. The number of aromatic nitrogens is 2. The van der Waals surface area contributed by atoms with Gasteiger partial charge in [-0.25, -0.2) is 9.97 Å². The van der Waals surface area contributed by atoms with Gasteiger partial charge in [0.2, 0.25) is 0 Å². The number of benzene rings is 1. The van der Waals surface area contributed by atoms with E-state index in [0.717, 1.165) is 18.6 Å². The maximum atomic E-state index is 13.2. The summed E-state index contributed by atoms with van der Waals surface area (Å²) in [5.74, 6) is -1.09. The summed E-state index contributed by atoms with van der Waals surface area (Å²) in [5, 5.41) is 0. The minimum absolute atomic E-state index is 0.212. The molecule has 0 saturated heterocycles. The van der Waals surface area contributed by atoms with Gasteiger partial charge in [0.25, 0.3) is 0 Å². The standard InChI is InChI=1S/C22H26F4N2O3/c1-4-6-7-19(29)31-21(15(3)5-2,17-12-27-14-28-13-17)16-8-10-18(11-9-16)30-22(25,26)20(23)24/h8-15,20H,4-7H2,1-3H3. The molecule has 2 aromatic rings. The van der Waals surface area contributed by atoms with Crippen LogP contribution in [-0.2, 0) is 15.1 Å². The Morgan fingerprint density at radius 1 is 1.06 bits per heavy atom. The lowest BCUT2D eigenvalue weighted by molar-refractivity contribution is -0.253. The second-order valence-corrected chi connectivity index (χ2v) is 7.24. The van der Waals surface area contributed by atoms with Gasteiger partial charge >= 0.3 is 18.5 Å². The van der Waals surface area contributed by atoms with Crippen molar-refractivity contribution in [2.75, 3.05) is 0 Å². The molecule has 0 saturated carbocycles. The molecule has 0 aliphatic rings. The molecule has 1 aromatic heterocycles. The summed E-state index contributed by atoms with van der Waals surface area (Å²) in [6, 6.07) is 5.13. The van der Waals surface area contributed by atoms with Gasteiger partial charge in [0.05, 0.1) is 0 Å². The van der Waals surface area contributed by atoms with Crippen LogP contribution in [0.5, 0.6) is 5.75 Å². The first-order valence-electron chi connectivity index (χ1n) is 10.1. The Labute approximate surface area is 178 Å². The van der Waals surface area contributed by atoms with Crippen LogP contribution in [0.4, 0.5) is 17.6 Å². The zero-order valence-corrected chi connectivity index (χ0v) is 17.7. The van der Waals surface area contributed by atoms with Gasteiger partial charge in [0, 0.05) is 35.9 Å². The number of hydrogen-bond donors (Lipinski definition) is 0. The van der Waals surface area contributed by atoms with Gasteiger partial charge in [0.15, 0.2) is 5.60 Å². The fourth-order valence-corrected chi connectivity index (χ4v) is 3.26. The molecule has 0 amide bonds. The van der Waals surface area contributed by atoms with Crippen molar-refractivity contribution in [3.63, 3.8) is 0 Å². The summed E-state index contributed by atoms with van der Waals surface area (Å²) in [6.45, 7) is 5.76. The van der Waals surface area contributed by atoms with E-state index >= 15 is 0 Å². The Morgan fingerprint density at radius 2 is 1.68 bits per heavy atom. The summed E-state index contributed by atoms with van der Waals surface area (Å²) in [5.41, 5.74) is -0.306. The fourth-order valence-electron chi connectivity index (χ4n) is 3.26. The molecule has 0 aliphatic heterocycles. The Kier molecular flexibility index (Phi) is 8.36. The first kappa shape index (κ1) is 24.6. The molecular weight excluding hydrogens is 416 g/mol. The van der Waals surface area contributed by atoms with Gasteiger partial charge in [-0.2, -0.15) is 17.6 Å². The number of carbonyl (C=O) groups excluding carboxylic acids is 1. The van der Waals surface area contributed by atoms with E-state index in [9.17, 15) is 22.4 Å². The Balaban J connectivity index is 2.52. The van der Waals surface area contributed by atoms with Crippen molar-refractivity contribution in [3.8, 4) is 5.75 Å². The maximum Gasteiger partial charge on any atom is 0.461 e. The number of halogens is 4. The van der Waals surface area contributed by atoms with Crippen LogP contribution in [0.3, 0.4) is 0 Å². The Bertz CT molecular complexity index is 834. The lowest BCUT2D eigenvalue weighted by Gasteiger charge is -2.39. The summed E-state index contributed by atoms with van der Waals surface area (Å²) < 4.78 is 61.5. The highest BCUT2D eigenvalue weighted by Gasteiger charge is 2.45. The van der Waals surface area contributed by atoms with E-state index in [1.807, 2.05) is 20.8 Å². The van der Waals surface area contributed by atoms with Crippen LogP contribution in [0, 0.1) is 5.92 Å². The van der Waals surface area contributed by atoms with Gasteiger partial charge < -0.3 is 9.47 Å². The van der Waals surface area contributed by atoms with Crippen LogP contribution in [0.2, 0.25) is 0 Å². The monoisotopic (exact) mass is 442 g/mol. The molecule has 0 radical (unpaired) electrons. The normalized spacial score (nSPS) is 14.7. The molecule has 0 fully saturated rings. The molecule has 2 unspecified atom stereocenters. The number of hydrogen-bond acceptors (Lipinski definition) is 5. The predicted octanol–water partition coefficient (Wildman–Crippen LogP) is 5.74. The Morgan fingerprint density at radius 3 is 2.19 bits per heavy atom. The van der Waals surface area contributed by atoms with Gasteiger partial charge in [-0.15, -0.1) is 0 Å². The highest BCUT2D eigenvalue weighted by Crippen LogP contribution is 2.43. The predicted molar refractivity (Wildman–Crippen MR) is 106 cm³/mol. The molecule has 5 nitrogen and oxygen atoms in total. The summed E-state index contributed by atoms with van der Waals surface area (Å²) in [6.07, 6.45) is -1.90. The topological polar surface area (TPSA) is 61.3 Å². The third kappa shape index (κ3) is 5.71. The molecule has 1 heterocycles. The lowest BCUT2D eigenvalue weighted by Crippen LogP contribution is -2.40. The quantitative estimate of drug-likeness (QED) is 0.328. The van der Waals surface area contributed by atoms with Crippen molar-refractivity contribution in [2.45, 2.75) is 64.6 Å². The molecule has 1 aromatic carbocycles. The van der Waals surface area contributed by atoms with Crippen molar-refractivity contribution < 1.29 is 31.8 Å². The zero-order valence-electron chi connectivity index (χ0n) is 17.7. The van der Waals surface area contributed by atoms with Crippen molar-refractivity contribution in [2.24, 2.45) is 5.92 Å². The number of alkyl halides is 4. The van der Waals surface area contributed by atoms with Crippen LogP contribution in [0.1, 0.15) is 57.6 Å². The largest absolute Gasteiger partial charge is 0.461 e. The lowest BCUT2D eigenvalue weighted by atomic mass is 9.76. The molecule has 2 rings (SSSR count). The van der Waals surface area contributed by atoms with E-state index in [2.05, 4.69) is 14.7 Å². The van der Waals surface area contributed by atoms with Crippen molar-refractivity contribution in [1.82, 2.24) is 9.97 Å². The molecule has 9 heteroatoms. The smallest absolute Gasteiger partial charge is 0.449 e. The summed E-state index contributed by atoms with van der Waals surface area (Å²) >= 11 is 0. The maximum absolute atomic E-state index is 13.2. The molecule has 0 aliphatic carbocycles.